The van der Waals surface area contributed by atoms with E-state index in [1.54, 1.807) is 0 Å². The number of rotatable bonds is 1. The van der Waals surface area contributed by atoms with Gasteiger partial charge in [0.05, 0.1) is 11.1 Å². The number of aliphatic hydroxyl groups excluding tert-OH is 1. The molecule has 0 aliphatic heterocycles. The van der Waals surface area contributed by atoms with Gasteiger partial charge in [0.2, 0.25) is 0 Å². The Morgan fingerprint density at radius 1 is 1.27 bits per heavy atom. The lowest BCUT2D eigenvalue weighted by atomic mass is 9.98. The van der Waals surface area contributed by atoms with E-state index in [-0.39, 0.29) is 12.0 Å². The lowest BCUT2D eigenvalue weighted by Crippen LogP contribution is -2.31. The molecule has 3 N–H and O–H groups in total. The smallest absolute Gasteiger partial charge is 0.0784 e. The van der Waals surface area contributed by atoms with Crippen LogP contribution in [0.1, 0.15) is 32.1 Å². The summed E-state index contributed by atoms with van der Waals surface area (Å²) in [6.45, 7) is 0. The molecule has 2 unspecified atom stereocenters. The summed E-state index contributed by atoms with van der Waals surface area (Å²) >= 11 is 4.87. The molecule has 1 aliphatic rings. The second kappa shape index (κ2) is 4.02. The van der Waals surface area contributed by atoms with Crippen molar-refractivity contribution in [3.63, 3.8) is 0 Å². The molecule has 0 saturated heterocycles. The molecule has 1 aliphatic carbocycles. The van der Waals surface area contributed by atoms with Crippen molar-refractivity contribution >= 4 is 17.2 Å². The minimum Gasteiger partial charge on any atom is -0.393 e. The summed E-state index contributed by atoms with van der Waals surface area (Å²) in [5.74, 6) is 0.0764. The summed E-state index contributed by atoms with van der Waals surface area (Å²) in [5.41, 5.74) is 5.50. The van der Waals surface area contributed by atoms with Crippen molar-refractivity contribution in [2.45, 2.75) is 38.2 Å². The highest BCUT2D eigenvalue weighted by Gasteiger charge is 2.23. The molecule has 1 rings (SSSR count). The molecule has 3 heteroatoms. The third kappa shape index (κ3) is 2.42. The quantitative estimate of drug-likeness (QED) is 0.463. The fourth-order valence-corrected chi connectivity index (χ4v) is 1.89. The molecule has 2 nitrogen and oxygen atoms in total. The zero-order valence-corrected chi connectivity index (χ0v) is 7.44. The third-order valence-corrected chi connectivity index (χ3v) is 2.65. The van der Waals surface area contributed by atoms with E-state index in [2.05, 4.69) is 0 Å². The summed E-state index contributed by atoms with van der Waals surface area (Å²) in [6, 6.07) is 0. The predicted molar refractivity (Wildman–Crippen MR) is 49.4 cm³/mol. The minimum absolute atomic E-state index is 0.0764. The van der Waals surface area contributed by atoms with Crippen LogP contribution in [0, 0.1) is 5.92 Å². The second-order valence-electron chi connectivity index (χ2n) is 3.21. The van der Waals surface area contributed by atoms with Crippen molar-refractivity contribution in [1.29, 1.82) is 0 Å². The van der Waals surface area contributed by atoms with Gasteiger partial charge < -0.3 is 10.8 Å². The van der Waals surface area contributed by atoms with Gasteiger partial charge in [0.1, 0.15) is 0 Å². The highest BCUT2D eigenvalue weighted by atomic mass is 32.1. The van der Waals surface area contributed by atoms with Crippen molar-refractivity contribution < 1.29 is 5.11 Å². The van der Waals surface area contributed by atoms with Crippen LogP contribution in [0.4, 0.5) is 0 Å². The molecule has 0 amide bonds. The van der Waals surface area contributed by atoms with Gasteiger partial charge in [-0.1, -0.05) is 31.5 Å². The van der Waals surface area contributed by atoms with E-state index in [4.69, 9.17) is 18.0 Å². The number of thiocarbonyl (C=S) groups is 1. The maximum absolute atomic E-state index is 9.55. The van der Waals surface area contributed by atoms with Crippen LogP contribution in [0.3, 0.4) is 0 Å². The average Bonchev–Trinajstić information content (AvgIpc) is 2.13. The van der Waals surface area contributed by atoms with Gasteiger partial charge in [-0.05, 0) is 12.8 Å². The van der Waals surface area contributed by atoms with Gasteiger partial charge in [-0.25, -0.2) is 0 Å². The normalized spacial score (nSPS) is 32.8. The number of aliphatic hydroxyl groups is 1. The predicted octanol–water partition coefficient (Wildman–Crippen LogP) is 1.21. The summed E-state index contributed by atoms with van der Waals surface area (Å²) in [7, 11) is 0. The fraction of sp³-hybridized carbons (Fsp3) is 0.875. The molecule has 1 fully saturated rings. The van der Waals surface area contributed by atoms with Gasteiger partial charge in [-0.2, -0.15) is 0 Å². The summed E-state index contributed by atoms with van der Waals surface area (Å²) < 4.78 is 0. The molecular weight excluding hydrogens is 158 g/mol. The number of hydrogen-bond donors (Lipinski definition) is 2. The highest BCUT2D eigenvalue weighted by molar-refractivity contribution is 7.80. The molecule has 0 radical (unpaired) electrons. The van der Waals surface area contributed by atoms with Crippen LogP contribution >= 0.6 is 12.2 Å². The molecule has 0 aromatic rings. The zero-order valence-electron chi connectivity index (χ0n) is 6.62. The molecule has 64 valence electrons. The number of nitrogens with two attached hydrogens (primary N) is 1. The minimum atomic E-state index is -0.282. The average molecular weight is 173 g/mol. The Balaban J connectivity index is 2.52. The first-order valence-electron chi connectivity index (χ1n) is 4.19. The molecule has 2 atom stereocenters. The van der Waals surface area contributed by atoms with Crippen LogP contribution < -0.4 is 5.73 Å². The van der Waals surface area contributed by atoms with E-state index < -0.39 is 0 Å². The molecule has 0 heterocycles. The van der Waals surface area contributed by atoms with Crippen molar-refractivity contribution in [1.82, 2.24) is 0 Å². The Morgan fingerprint density at radius 2 is 1.91 bits per heavy atom. The van der Waals surface area contributed by atoms with Gasteiger partial charge >= 0.3 is 0 Å². The summed E-state index contributed by atoms with van der Waals surface area (Å²) in [4.78, 5) is 0.486. The van der Waals surface area contributed by atoms with Crippen LogP contribution in [-0.2, 0) is 0 Å². The molecule has 0 spiro atoms. The van der Waals surface area contributed by atoms with Crippen LogP contribution in [0.5, 0.6) is 0 Å². The number of hydrogen-bond acceptors (Lipinski definition) is 2. The van der Waals surface area contributed by atoms with E-state index in [0.29, 0.717) is 4.99 Å². The van der Waals surface area contributed by atoms with Crippen LogP contribution in [0.15, 0.2) is 0 Å². The van der Waals surface area contributed by atoms with Crippen LogP contribution in [0.2, 0.25) is 0 Å². The first kappa shape index (κ1) is 8.94. The van der Waals surface area contributed by atoms with Gasteiger partial charge in [0, 0.05) is 5.92 Å². The molecule has 0 aromatic heterocycles. The van der Waals surface area contributed by atoms with Crippen molar-refractivity contribution in [2.24, 2.45) is 11.7 Å². The van der Waals surface area contributed by atoms with Gasteiger partial charge in [-0.15, -0.1) is 0 Å². The monoisotopic (exact) mass is 173 g/mol. The standard InChI is InChI=1S/C8H15NOS/c9-8(11)6-4-2-1-3-5-7(6)10/h6-7,10H,1-5H2,(H2,9,11). The zero-order chi connectivity index (χ0) is 8.27. The Morgan fingerprint density at radius 3 is 2.55 bits per heavy atom. The molecule has 0 bridgehead atoms. The lowest BCUT2D eigenvalue weighted by molar-refractivity contribution is 0.131. The van der Waals surface area contributed by atoms with Crippen molar-refractivity contribution in [3.8, 4) is 0 Å². The summed E-state index contributed by atoms with van der Waals surface area (Å²) in [5, 5.41) is 9.55. The Kier molecular flexibility index (Phi) is 3.27. The van der Waals surface area contributed by atoms with Crippen LogP contribution in [-0.4, -0.2) is 16.2 Å². The van der Waals surface area contributed by atoms with E-state index >= 15 is 0 Å². The van der Waals surface area contributed by atoms with Crippen molar-refractivity contribution in [3.05, 3.63) is 0 Å². The first-order valence-corrected chi connectivity index (χ1v) is 4.60. The topological polar surface area (TPSA) is 46.2 Å². The van der Waals surface area contributed by atoms with E-state index in [1.165, 1.54) is 6.42 Å². The fourth-order valence-electron chi connectivity index (χ4n) is 1.62. The Hall–Kier alpha value is -0.150. The first-order chi connectivity index (χ1) is 5.22. The molecular formula is C8H15NOS. The largest absolute Gasteiger partial charge is 0.393 e. The third-order valence-electron chi connectivity index (χ3n) is 2.34. The van der Waals surface area contributed by atoms with E-state index in [1.807, 2.05) is 0 Å². The second-order valence-corrected chi connectivity index (χ2v) is 3.69. The SMILES string of the molecule is NC(=S)C1CCCCCC1O. The maximum Gasteiger partial charge on any atom is 0.0784 e. The van der Waals surface area contributed by atoms with E-state index in [9.17, 15) is 5.11 Å². The van der Waals surface area contributed by atoms with Gasteiger partial charge in [-0.3, -0.25) is 0 Å². The van der Waals surface area contributed by atoms with Gasteiger partial charge in [0.25, 0.3) is 0 Å². The highest BCUT2D eigenvalue weighted by Crippen LogP contribution is 2.23. The van der Waals surface area contributed by atoms with E-state index in [0.717, 1.165) is 25.7 Å². The molecule has 11 heavy (non-hydrogen) atoms. The Bertz CT molecular complexity index is 149. The Labute approximate surface area is 72.8 Å². The lowest BCUT2D eigenvalue weighted by Gasteiger charge is -2.17. The summed E-state index contributed by atoms with van der Waals surface area (Å²) in [6.07, 6.45) is 5.02. The molecule has 0 aromatic carbocycles. The maximum atomic E-state index is 9.55. The van der Waals surface area contributed by atoms with Gasteiger partial charge in [0.15, 0.2) is 0 Å². The van der Waals surface area contributed by atoms with Crippen LogP contribution in [0.25, 0.3) is 0 Å². The van der Waals surface area contributed by atoms with Crippen molar-refractivity contribution in [2.75, 3.05) is 0 Å². The molecule has 1 saturated carbocycles.